The number of rotatable bonds is 54. The third kappa shape index (κ3) is 29.4. The molecule has 83 heavy (non-hydrogen) atoms. The fraction of sp³-hybridized carbons (Fsp3) is 0.915. The summed E-state index contributed by atoms with van der Waals surface area (Å²) in [4.78, 5) is 64.6. The number of aliphatic carboxylic acids is 2. The van der Waals surface area contributed by atoms with Crippen molar-refractivity contribution in [3.8, 4) is 0 Å². The lowest BCUT2D eigenvalue weighted by Gasteiger charge is -2.44. The Morgan fingerprint density at radius 2 is 0.928 bits per heavy atom. The summed E-state index contributed by atoms with van der Waals surface area (Å²) >= 11 is 0. The monoisotopic (exact) mass is 1190 g/mol. The summed E-state index contributed by atoms with van der Waals surface area (Å²) in [5.74, 6) is -3.76. The highest BCUT2D eigenvalue weighted by Gasteiger charge is 2.57. The molecule has 0 aromatic carbocycles. The molecule has 3 amide bonds. The third-order valence-electron chi connectivity index (χ3n) is 16.4. The quantitative estimate of drug-likeness (QED) is 0.0475. The molecule has 2 rings (SSSR count). The molecular formula is C59H111N5O19. The molecule has 0 bridgehead atoms. The van der Waals surface area contributed by atoms with Gasteiger partial charge in [-0.1, -0.05) is 81.1 Å². The van der Waals surface area contributed by atoms with E-state index < -0.39 is 41.4 Å². The van der Waals surface area contributed by atoms with Crippen molar-refractivity contribution in [2.24, 2.45) is 58.3 Å². The lowest BCUT2D eigenvalue weighted by molar-refractivity contribution is -0.153. The zero-order valence-electron chi connectivity index (χ0n) is 51.8. The smallest absolute Gasteiger partial charge is 0.309 e. The summed E-state index contributed by atoms with van der Waals surface area (Å²) in [6.07, 6.45) is 4.25. The minimum Gasteiger partial charge on any atom is -0.481 e. The van der Waals surface area contributed by atoms with Crippen LogP contribution >= 0.6 is 0 Å². The fourth-order valence-electron chi connectivity index (χ4n) is 11.3. The Morgan fingerprint density at radius 3 is 1.35 bits per heavy atom. The molecule has 2 fully saturated rings. The Balaban J connectivity index is 1.65. The van der Waals surface area contributed by atoms with Crippen LogP contribution in [-0.2, 0) is 80.8 Å². The van der Waals surface area contributed by atoms with Gasteiger partial charge in [-0.2, -0.15) is 0 Å². The maximum Gasteiger partial charge on any atom is 0.309 e. The molecule has 10 atom stereocenters. The van der Waals surface area contributed by atoms with Gasteiger partial charge in [-0.15, -0.1) is 0 Å². The van der Waals surface area contributed by atoms with Crippen LogP contribution in [0, 0.1) is 46.8 Å². The number of carbonyl (C=O) groups excluding carboxylic acids is 3. The van der Waals surface area contributed by atoms with Gasteiger partial charge in [0.15, 0.2) is 0 Å². The van der Waals surface area contributed by atoms with Crippen molar-refractivity contribution in [1.29, 1.82) is 0 Å². The van der Waals surface area contributed by atoms with Gasteiger partial charge < -0.3 is 94.1 Å². The van der Waals surface area contributed by atoms with E-state index in [1.165, 1.54) is 0 Å². The average Bonchev–Trinajstić information content (AvgIpc) is 4.21. The molecule has 0 heterocycles. The number of amides is 3. The second-order valence-electron chi connectivity index (χ2n) is 21.9. The van der Waals surface area contributed by atoms with Crippen LogP contribution in [0.25, 0.3) is 0 Å². The highest BCUT2D eigenvalue weighted by Crippen LogP contribution is 2.52. The lowest BCUT2D eigenvalue weighted by Crippen LogP contribution is -2.54. The fourth-order valence-corrected chi connectivity index (χ4v) is 11.3. The maximum atomic E-state index is 13.3. The number of ether oxygens (including phenoxy) is 12. The zero-order valence-corrected chi connectivity index (χ0v) is 51.8. The van der Waals surface area contributed by atoms with Crippen LogP contribution in [0.1, 0.15) is 107 Å². The zero-order chi connectivity index (χ0) is 61.3. The Labute approximate surface area is 495 Å². The van der Waals surface area contributed by atoms with Crippen LogP contribution in [0.3, 0.4) is 0 Å². The molecule has 2 saturated carbocycles. The summed E-state index contributed by atoms with van der Waals surface area (Å²) in [6.45, 7) is 24.2. The molecular weight excluding hydrogens is 1080 g/mol. The van der Waals surface area contributed by atoms with E-state index in [-0.39, 0.29) is 125 Å². The van der Waals surface area contributed by atoms with Crippen LogP contribution < -0.4 is 22.1 Å². The normalized spacial score (nSPS) is 22.3. The SMILES string of the molecule is CCCOCCOCCOCCOCCC(=O)N(CCOCCOCCOCCNC(=O)CO[C@H]1[C@@H]([C@H](N)C(CC)CC)[C@H](C)C[C@@H]1C(=O)O)CCOCCOCCOCCNC(=O)CO[C@@H]1[C@@H](C(=O)O)C[C@@H](C)[C@]1(C)[C@H](N)C(CC)CC. The van der Waals surface area contributed by atoms with Gasteiger partial charge in [-0.25, -0.2) is 0 Å². The molecule has 0 aromatic heterocycles. The van der Waals surface area contributed by atoms with E-state index in [2.05, 4.69) is 45.3 Å². The molecule has 0 saturated heterocycles. The molecule has 24 heteroatoms. The van der Waals surface area contributed by atoms with Gasteiger partial charge in [0.2, 0.25) is 17.7 Å². The molecule has 8 N–H and O–H groups in total. The molecule has 2 aliphatic rings. The van der Waals surface area contributed by atoms with E-state index in [4.69, 9.17) is 68.3 Å². The predicted molar refractivity (Wildman–Crippen MR) is 311 cm³/mol. The first-order chi connectivity index (χ1) is 40.0. The molecule has 486 valence electrons. The number of nitrogens with zero attached hydrogens (tertiary/aromatic N) is 1. The Kier molecular flexibility index (Phi) is 42.1. The molecule has 0 spiro atoms. The number of nitrogens with two attached hydrogens (primary N) is 2. The van der Waals surface area contributed by atoms with Crippen molar-refractivity contribution in [3.05, 3.63) is 0 Å². The molecule has 2 aliphatic carbocycles. The first-order valence-corrected chi connectivity index (χ1v) is 30.8. The van der Waals surface area contributed by atoms with E-state index in [0.29, 0.717) is 118 Å². The minimum absolute atomic E-state index is 0.0139. The van der Waals surface area contributed by atoms with E-state index in [0.717, 1.165) is 38.7 Å². The van der Waals surface area contributed by atoms with Gasteiger partial charge in [-0.05, 0) is 42.9 Å². The van der Waals surface area contributed by atoms with Crippen LogP contribution in [-0.4, -0.2) is 241 Å². The van der Waals surface area contributed by atoms with Crippen molar-refractivity contribution in [1.82, 2.24) is 15.5 Å². The van der Waals surface area contributed by atoms with Gasteiger partial charge in [0.1, 0.15) is 13.2 Å². The summed E-state index contributed by atoms with van der Waals surface area (Å²) < 4.78 is 68.2. The van der Waals surface area contributed by atoms with Crippen LogP contribution in [0.4, 0.5) is 0 Å². The van der Waals surface area contributed by atoms with Crippen molar-refractivity contribution < 1.29 is 91.0 Å². The molecule has 0 unspecified atom stereocenters. The summed E-state index contributed by atoms with van der Waals surface area (Å²) in [5.41, 5.74) is 12.9. The van der Waals surface area contributed by atoms with Crippen molar-refractivity contribution in [2.75, 3.05) is 172 Å². The van der Waals surface area contributed by atoms with Gasteiger partial charge in [0.05, 0.1) is 156 Å². The van der Waals surface area contributed by atoms with Crippen molar-refractivity contribution >= 4 is 29.7 Å². The van der Waals surface area contributed by atoms with Crippen molar-refractivity contribution in [3.63, 3.8) is 0 Å². The predicted octanol–water partition coefficient (Wildman–Crippen LogP) is 3.41. The molecule has 0 radical (unpaired) electrons. The Morgan fingerprint density at radius 1 is 0.530 bits per heavy atom. The summed E-state index contributed by atoms with van der Waals surface area (Å²) in [7, 11) is 0. The van der Waals surface area contributed by atoms with E-state index in [9.17, 15) is 34.2 Å². The van der Waals surface area contributed by atoms with E-state index >= 15 is 0 Å². The van der Waals surface area contributed by atoms with Crippen LogP contribution in [0.15, 0.2) is 0 Å². The summed E-state index contributed by atoms with van der Waals surface area (Å²) in [6, 6.07) is -0.479. The first-order valence-electron chi connectivity index (χ1n) is 30.8. The maximum absolute atomic E-state index is 13.3. The largest absolute Gasteiger partial charge is 0.481 e. The van der Waals surface area contributed by atoms with E-state index in [1.54, 1.807) is 4.90 Å². The second-order valence-corrected chi connectivity index (χ2v) is 21.9. The number of carboxylic acids is 2. The van der Waals surface area contributed by atoms with Crippen molar-refractivity contribution in [2.45, 2.75) is 131 Å². The number of hydrogen-bond acceptors (Lipinski definition) is 19. The Hall–Kier alpha value is -3.21. The second kappa shape index (κ2) is 46.0. The Bertz CT molecular complexity index is 1720. The van der Waals surface area contributed by atoms with E-state index in [1.807, 2.05) is 20.8 Å². The topological polar surface area (TPSA) is 316 Å². The molecule has 24 nitrogen and oxygen atoms in total. The molecule has 0 aliphatic heterocycles. The number of hydrogen-bond donors (Lipinski definition) is 6. The lowest BCUT2D eigenvalue weighted by atomic mass is 9.67. The van der Waals surface area contributed by atoms with Gasteiger partial charge in [0.25, 0.3) is 0 Å². The average molecular weight is 1190 g/mol. The van der Waals surface area contributed by atoms with Crippen LogP contribution in [0.5, 0.6) is 0 Å². The molecule has 0 aromatic rings. The van der Waals surface area contributed by atoms with Gasteiger partial charge in [0, 0.05) is 56.2 Å². The summed E-state index contributed by atoms with van der Waals surface area (Å²) in [5, 5.41) is 25.4. The van der Waals surface area contributed by atoms with Gasteiger partial charge in [-0.3, -0.25) is 24.0 Å². The first kappa shape index (κ1) is 75.9. The minimum atomic E-state index is -0.939. The highest BCUT2D eigenvalue weighted by molar-refractivity contribution is 5.78. The highest BCUT2D eigenvalue weighted by atomic mass is 16.6. The van der Waals surface area contributed by atoms with Gasteiger partial charge >= 0.3 is 11.9 Å². The number of carbonyl (C=O) groups is 5. The standard InChI is InChI=1S/C59H111N5O19/c1-9-19-72-25-31-78-37-38-79-32-26-73-20-14-51(67)64(17-23-76-29-35-80-33-27-74-21-15-62-49(65)41-82-54-47(57(68)69)39-43(6)52(54)53(60)45(10-2)11-3)18-24-77-30-36-81-34-28-75-22-16-63-50(66)42-83-56-48(58(70)71)40-44(7)59(56,8)55(61)46(12-4)13-5/h43-48,52-56H,9-42,60-61H2,1-8H3,(H,62,65)(H,63,66)(H,68,69)(H,70,71)/t43-,44-,47+,48+,52-,53-,54-,55-,56-,59-/m1/s1. The number of nitrogens with one attached hydrogen (secondary N) is 2. The number of carboxylic acid groups (broad SMARTS) is 2. The van der Waals surface area contributed by atoms with Crippen LogP contribution in [0.2, 0.25) is 0 Å². The third-order valence-corrected chi connectivity index (χ3v) is 16.4.